The highest BCUT2D eigenvalue weighted by Gasteiger charge is 2.18. The molecule has 1 amide bonds. The molecule has 106 valence electrons. The quantitative estimate of drug-likeness (QED) is 0.831. The van der Waals surface area contributed by atoms with Crippen LogP contribution in [-0.2, 0) is 5.41 Å². The number of H-pyrrole nitrogens is 1. The fraction of sp³-hybridized carbons (Fsp3) is 0.308. The van der Waals surface area contributed by atoms with Crippen LogP contribution in [-0.4, -0.2) is 21.1 Å². The first kappa shape index (κ1) is 14.8. The Labute approximate surface area is 126 Å². The summed E-state index contributed by atoms with van der Waals surface area (Å²) in [7, 11) is 0. The molecule has 20 heavy (non-hydrogen) atoms. The van der Waals surface area contributed by atoms with Gasteiger partial charge in [0.05, 0.1) is 10.6 Å². The SMILES string of the molecule is CC(C)(C)c1cc(NC(=O)c2cc(Cl)ncc2Cl)n[nH]1. The van der Waals surface area contributed by atoms with E-state index in [4.69, 9.17) is 23.2 Å². The van der Waals surface area contributed by atoms with Gasteiger partial charge in [0.1, 0.15) is 5.15 Å². The molecular weight excluding hydrogens is 299 g/mol. The lowest BCUT2D eigenvalue weighted by atomic mass is 9.92. The second-order valence-corrected chi connectivity index (χ2v) is 6.15. The average molecular weight is 313 g/mol. The number of carbonyl (C=O) groups excluding carboxylic acids is 1. The molecule has 0 saturated carbocycles. The standard InChI is InChI=1S/C13H14Cl2N4O/c1-13(2,3)9-5-11(19-18-9)17-12(20)7-4-10(15)16-6-8(7)14/h4-6H,1-3H3,(H2,17,18,19,20). The van der Waals surface area contributed by atoms with E-state index >= 15 is 0 Å². The lowest BCUT2D eigenvalue weighted by Gasteiger charge is -2.14. The maximum Gasteiger partial charge on any atom is 0.258 e. The van der Waals surface area contributed by atoms with E-state index in [-0.39, 0.29) is 27.1 Å². The van der Waals surface area contributed by atoms with Gasteiger partial charge < -0.3 is 5.32 Å². The van der Waals surface area contributed by atoms with Crippen LogP contribution < -0.4 is 5.32 Å². The van der Waals surface area contributed by atoms with Crippen molar-refractivity contribution >= 4 is 34.9 Å². The highest BCUT2D eigenvalue weighted by molar-refractivity contribution is 6.35. The van der Waals surface area contributed by atoms with Crippen molar-refractivity contribution in [3.05, 3.63) is 39.8 Å². The van der Waals surface area contributed by atoms with Crippen molar-refractivity contribution in [3.63, 3.8) is 0 Å². The van der Waals surface area contributed by atoms with Crippen molar-refractivity contribution in [2.45, 2.75) is 26.2 Å². The molecule has 0 radical (unpaired) electrons. The Morgan fingerprint density at radius 1 is 1.30 bits per heavy atom. The molecule has 2 rings (SSSR count). The van der Waals surface area contributed by atoms with E-state index in [1.165, 1.54) is 12.3 Å². The Kier molecular flexibility index (Phi) is 4.01. The van der Waals surface area contributed by atoms with Gasteiger partial charge in [0.15, 0.2) is 5.82 Å². The summed E-state index contributed by atoms with van der Waals surface area (Å²) in [6.07, 6.45) is 1.34. The smallest absolute Gasteiger partial charge is 0.258 e. The Hall–Kier alpha value is -1.59. The van der Waals surface area contributed by atoms with Gasteiger partial charge >= 0.3 is 0 Å². The van der Waals surface area contributed by atoms with E-state index in [2.05, 4.69) is 20.5 Å². The highest BCUT2D eigenvalue weighted by Crippen LogP contribution is 2.23. The van der Waals surface area contributed by atoms with Gasteiger partial charge in [0.2, 0.25) is 0 Å². The third kappa shape index (κ3) is 3.29. The van der Waals surface area contributed by atoms with Crippen LogP contribution in [0.4, 0.5) is 5.82 Å². The Bertz CT molecular complexity index is 646. The van der Waals surface area contributed by atoms with Crippen molar-refractivity contribution < 1.29 is 4.79 Å². The topological polar surface area (TPSA) is 70.7 Å². The molecule has 2 heterocycles. The summed E-state index contributed by atoms with van der Waals surface area (Å²) in [4.78, 5) is 15.9. The van der Waals surface area contributed by atoms with Crippen molar-refractivity contribution in [2.75, 3.05) is 5.32 Å². The zero-order valence-electron chi connectivity index (χ0n) is 11.3. The van der Waals surface area contributed by atoms with Crippen molar-refractivity contribution in [1.82, 2.24) is 15.2 Å². The maximum atomic E-state index is 12.1. The second kappa shape index (κ2) is 5.42. The van der Waals surface area contributed by atoms with Crippen LogP contribution in [0.2, 0.25) is 10.2 Å². The van der Waals surface area contributed by atoms with Crippen LogP contribution in [0.3, 0.4) is 0 Å². The van der Waals surface area contributed by atoms with Gasteiger partial charge in [-0.05, 0) is 6.07 Å². The first-order chi connectivity index (χ1) is 9.27. The van der Waals surface area contributed by atoms with Gasteiger partial charge in [0.25, 0.3) is 5.91 Å². The number of hydrogen-bond acceptors (Lipinski definition) is 3. The summed E-state index contributed by atoms with van der Waals surface area (Å²) in [6.45, 7) is 6.14. The normalized spacial score (nSPS) is 11.4. The maximum absolute atomic E-state index is 12.1. The minimum atomic E-state index is -0.383. The summed E-state index contributed by atoms with van der Waals surface area (Å²) >= 11 is 11.7. The minimum absolute atomic E-state index is 0.0758. The minimum Gasteiger partial charge on any atom is -0.305 e. The largest absolute Gasteiger partial charge is 0.305 e. The molecule has 0 saturated heterocycles. The van der Waals surface area contributed by atoms with E-state index in [1.807, 2.05) is 20.8 Å². The van der Waals surface area contributed by atoms with Gasteiger partial charge in [-0.3, -0.25) is 9.89 Å². The predicted octanol–water partition coefficient (Wildman–Crippen LogP) is 3.66. The number of pyridine rings is 1. The van der Waals surface area contributed by atoms with E-state index in [0.717, 1.165) is 5.69 Å². The zero-order valence-corrected chi connectivity index (χ0v) is 12.8. The first-order valence-corrected chi connectivity index (χ1v) is 6.71. The van der Waals surface area contributed by atoms with Crippen LogP contribution in [0.25, 0.3) is 0 Å². The lowest BCUT2D eigenvalue weighted by molar-refractivity contribution is 0.102. The summed E-state index contributed by atoms with van der Waals surface area (Å²) in [5.41, 5.74) is 1.10. The predicted molar refractivity (Wildman–Crippen MR) is 79.5 cm³/mol. The van der Waals surface area contributed by atoms with E-state index in [1.54, 1.807) is 6.07 Å². The third-order valence-corrected chi connectivity index (χ3v) is 3.20. The summed E-state index contributed by atoms with van der Waals surface area (Å²) in [5.74, 6) is 0.0511. The van der Waals surface area contributed by atoms with Crippen LogP contribution in [0.1, 0.15) is 36.8 Å². The summed E-state index contributed by atoms with van der Waals surface area (Å²) in [5, 5.41) is 10.1. The number of anilines is 1. The monoisotopic (exact) mass is 312 g/mol. The number of amides is 1. The fourth-order valence-corrected chi connectivity index (χ4v) is 1.89. The van der Waals surface area contributed by atoms with Crippen LogP contribution in [0.15, 0.2) is 18.3 Å². The van der Waals surface area contributed by atoms with Crippen molar-refractivity contribution in [3.8, 4) is 0 Å². The number of aromatic amines is 1. The lowest BCUT2D eigenvalue weighted by Crippen LogP contribution is -2.13. The van der Waals surface area contributed by atoms with Gasteiger partial charge in [-0.1, -0.05) is 44.0 Å². The molecule has 5 nitrogen and oxygen atoms in total. The van der Waals surface area contributed by atoms with E-state index < -0.39 is 0 Å². The highest BCUT2D eigenvalue weighted by atomic mass is 35.5. The molecular formula is C13H14Cl2N4O. The van der Waals surface area contributed by atoms with E-state index in [9.17, 15) is 4.79 Å². The molecule has 2 N–H and O–H groups in total. The molecule has 0 fully saturated rings. The number of halogens is 2. The molecule has 0 atom stereocenters. The molecule has 7 heteroatoms. The molecule has 0 aliphatic heterocycles. The van der Waals surface area contributed by atoms with Gasteiger partial charge in [0, 0.05) is 23.4 Å². The van der Waals surface area contributed by atoms with Gasteiger partial charge in [-0.15, -0.1) is 0 Å². The van der Waals surface area contributed by atoms with E-state index in [0.29, 0.717) is 5.82 Å². The molecule has 0 bridgehead atoms. The summed E-state index contributed by atoms with van der Waals surface area (Å²) < 4.78 is 0. The molecule has 0 spiro atoms. The Balaban J connectivity index is 2.20. The molecule has 0 aliphatic rings. The van der Waals surface area contributed by atoms with Crippen molar-refractivity contribution in [1.29, 1.82) is 0 Å². The second-order valence-electron chi connectivity index (χ2n) is 5.36. The van der Waals surface area contributed by atoms with Crippen LogP contribution in [0, 0.1) is 0 Å². The third-order valence-electron chi connectivity index (χ3n) is 2.69. The number of nitrogens with zero attached hydrogens (tertiary/aromatic N) is 2. The number of nitrogens with one attached hydrogen (secondary N) is 2. The molecule has 0 unspecified atom stereocenters. The van der Waals surface area contributed by atoms with Crippen LogP contribution in [0.5, 0.6) is 0 Å². The van der Waals surface area contributed by atoms with Gasteiger partial charge in [-0.2, -0.15) is 5.10 Å². The molecule has 0 aromatic carbocycles. The molecule has 0 aliphatic carbocycles. The fourth-order valence-electron chi connectivity index (χ4n) is 1.54. The Morgan fingerprint density at radius 3 is 2.60 bits per heavy atom. The summed E-state index contributed by atoms with van der Waals surface area (Å²) in [6, 6.07) is 3.20. The van der Waals surface area contributed by atoms with Crippen LogP contribution >= 0.6 is 23.2 Å². The number of carbonyl (C=O) groups is 1. The van der Waals surface area contributed by atoms with Crippen molar-refractivity contribution in [2.24, 2.45) is 0 Å². The average Bonchev–Trinajstić information content (AvgIpc) is 2.80. The first-order valence-electron chi connectivity index (χ1n) is 5.95. The zero-order chi connectivity index (χ0) is 14.9. The number of rotatable bonds is 2. The Morgan fingerprint density at radius 2 is 2.00 bits per heavy atom. The molecule has 2 aromatic heterocycles. The number of hydrogen-bond donors (Lipinski definition) is 2. The molecule has 2 aromatic rings. The number of aromatic nitrogens is 3. The van der Waals surface area contributed by atoms with Gasteiger partial charge in [-0.25, -0.2) is 4.98 Å².